The van der Waals surface area contributed by atoms with Crippen LogP contribution >= 0.6 is 23.2 Å². The summed E-state index contributed by atoms with van der Waals surface area (Å²) in [7, 11) is 0. The Labute approximate surface area is 311 Å². The monoisotopic (exact) mass is 746 g/mol. The molecule has 0 heterocycles. The molecule has 2 atom stereocenters. The molecule has 9 heteroatoms. The van der Waals surface area contributed by atoms with E-state index < -0.39 is 0 Å². The van der Waals surface area contributed by atoms with Gasteiger partial charge >= 0.3 is 0 Å². The van der Waals surface area contributed by atoms with E-state index >= 15 is 0 Å². The molecule has 4 aromatic carbocycles. The third kappa shape index (κ3) is 11.5. The van der Waals surface area contributed by atoms with Gasteiger partial charge in [0.25, 0.3) is 0 Å². The van der Waals surface area contributed by atoms with Gasteiger partial charge in [-0.05, 0) is 72.2 Å². The van der Waals surface area contributed by atoms with Gasteiger partial charge in [0.2, 0.25) is 0 Å². The van der Waals surface area contributed by atoms with Gasteiger partial charge in [0.1, 0.15) is 23.0 Å². The van der Waals surface area contributed by atoms with Crippen molar-refractivity contribution in [2.45, 2.75) is 90.1 Å². The molecule has 1 radical (unpaired) electrons. The van der Waals surface area contributed by atoms with Gasteiger partial charge in [-0.15, -0.1) is 5.75 Å². The number of hydrogen-bond acceptors (Lipinski definition) is 6. The predicted octanol–water partition coefficient (Wildman–Crippen LogP) is 10.4. The van der Waals surface area contributed by atoms with E-state index in [2.05, 4.69) is 0 Å². The number of halogens is 2. The number of phenolic OH excluding ortho intramolecular Hbond substituents is 2. The average molecular weight is 748 g/mol. The maximum atomic E-state index is 10.8. The SMILES string of the molecule is CC(C)(C)c1cc(Cl)cc(C=NC2CCCCC2N=Cc2cc(Cl)cc(C(C)(C)C)c2O)c1O.[Co].[O-]c1ccc(Oc2ccccc2)cc1. The summed E-state index contributed by atoms with van der Waals surface area (Å²) in [5.41, 5.74) is 2.36. The summed E-state index contributed by atoms with van der Waals surface area (Å²) in [4.78, 5) is 9.65. The summed E-state index contributed by atoms with van der Waals surface area (Å²) in [6, 6.07) is 22.8. The maximum absolute atomic E-state index is 10.8. The molecule has 1 aliphatic rings. The summed E-state index contributed by atoms with van der Waals surface area (Å²) < 4.78 is 5.49. The van der Waals surface area contributed by atoms with Gasteiger partial charge in [-0.25, -0.2) is 0 Å². The van der Waals surface area contributed by atoms with Crippen LogP contribution in [0.1, 0.15) is 89.5 Å². The topological polar surface area (TPSA) is 97.5 Å². The van der Waals surface area contributed by atoms with Crippen LogP contribution in [-0.2, 0) is 27.6 Å². The number of hydrogen-bond donors (Lipinski definition) is 2. The number of aliphatic imine (C=N–C) groups is 2. The van der Waals surface area contributed by atoms with Crippen molar-refractivity contribution in [3.8, 4) is 28.7 Å². The molecule has 2 N–H and O–H groups in total. The molecule has 49 heavy (non-hydrogen) atoms. The van der Waals surface area contributed by atoms with Crippen molar-refractivity contribution in [1.82, 2.24) is 0 Å². The Morgan fingerprint density at radius 3 is 1.49 bits per heavy atom. The van der Waals surface area contributed by atoms with E-state index in [0.29, 0.717) is 26.9 Å². The van der Waals surface area contributed by atoms with Crippen LogP contribution in [0, 0.1) is 0 Å². The zero-order chi connectivity index (χ0) is 35.1. The molecule has 2 unspecified atom stereocenters. The quantitative estimate of drug-likeness (QED) is 0.192. The Morgan fingerprint density at radius 1 is 0.673 bits per heavy atom. The number of phenols is 2. The number of benzene rings is 4. The van der Waals surface area contributed by atoms with Gasteiger partial charge < -0.3 is 20.1 Å². The molecule has 0 spiro atoms. The van der Waals surface area contributed by atoms with Crippen molar-refractivity contribution < 1.29 is 36.8 Å². The molecular formula is C40H45Cl2CoN2O4-. The molecule has 263 valence electrons. The van der Waals surface area contributed by atoms with E-state index in [0.717, 1.165) is 42.6 Å². The molecule has 0 saturated heterocycles. The second-order valence-corrected chi connectivity index (χ2v) is 15.0. The number of aromatic hydroxyl groups is 2. The van der Waals surface area contributed by atoms with Crippen LogP contribution in [0.3, 0.4) is 0 Å². The number of rotatable bonds is 6. The summed E-state index contributed by atoms with van der Waals surface area (Å²) in [5, 5.41) is 33.6. The number of nitrogens with zero attached hydrogens (tertiary/aromatic N) is 2. The first-order valence-corrected chi connectivity index (χ1v) is 17.0. The largest absolute Gasteiger partial charge is 0.872 e. The average Bonchev–Trinajstić information content (AvgIpc) is 3.03. The van der Waals surface area contributed by atoms with Gasteiger partial charge in [0.15, 0.2) is 0 Å². The van der Waals surface area contributed by atoms with Gasteiger partial charge in [0.05, 0.1) is 12.1 Å². The minimum atomic E-state index is -0.236. The molecule has 4 aromatic rings. The molecule has 0 aromatic heterocycles. The van der Waals surface area contributed by atoms with Gasteiger partial charge in [-0.3, -0.25) is 9.98 Å². The third-order valence-corrected chi connectivity index (χ3v) is 8.57. The van der Waals surface area contributed by atoms with E-state index in [1.165, 1.54) is 12.1 Å². The number of ether oxygens (including phenoxy) is 1. The van der Waals surface area contributed by atoms with Crippen LogP contribution in [0.2, 0.25) is 10.0 Å². The van der Waals surface area contributed by atoms with Crippen molar-refractivity contribution in [3.63, 3.8) is 0 Å². The fourth-order valence-corrected chi connectivity index (χ4v) is 5.96. The minimum Gasteiger partial charge on any atom is -0.872 e. The van der Waals surface area contributed by atoms with Crippen LogP contribution in [-0.4, -0.2) is 34.7 Å². The van der Waals surface area contributed by atoms with Crippen molar-refractivity contribution in [2.24, 2.45) is 9.98 Å². The molecule has 1 fully saturated rings. The Kier molecular flexibility index (Phi) is 14.2. The van der Waals surface area contributed by atoms with Gasteiger partial charge in [0, 0.05) is 61.5 Å². The number of para-hydroxylation sites is 1. The molecule has 1 aliphatic carbocycles. The van der Waals surface area contributed by atoms with Crippen LogP contribution < -0.4 is 9.84 Å². The van der Waals surface area contributed by atoms with Crippen molar-refractivity contribution in [1.29, 1.82) is 0 Å². The molecular weight excluding hydrogens is 702 g/mol. The standard InChI is InChI=1S/C28H36Cl2N2O2.C12H10O2.Co/c1-27(2,3)21-13-19(29)11-17(25(21)33)15-31-23-9-7-8-10-24(23)32-16-18-12-20(30)14-22(26(18)34)28(4,5)6;13-10-6-8-12(9-7-10)14-11-4-2-1-3-5-11;/h11-16,23-24,33-34H,7-10H2,1-6H3;1-9,13H;/p-1. The second-order valence-electron chi connectivity index (χ2n) is 14.1. The van der Waals surface area contributed by atoms with E-state index in [1.807, 2.05) is 84.0 Å². The Hall–Kier alpha value is -3.49. The Morgan fingerprint density at radius 2 is 1.08 bits per heavy atom. The first-order valence-electron chi connectivity index (χ1n) is 16.2. The van der Waals surface area contributed by atoms with Crippen LogP contribution in [0.15, 0.2) is 88.8 Å². The fraction of sp³-hybridized carbons (Fsp3) is 0.350. The van der Waals surface area contributed by atoms with Crippen LogP contribution in [0.4, 0.5) is 0 Å². The van der Waals surface area contributed by atoms with Crippen LogP contribution in [0.5, 0.6) is 28.7 Å². The first-order chi connectivity index (χ1) is 22.6. The maximum Gasteiger partial charge on any atom is 0.128 e. The molecule has 6 nitrogen and oxygen atoms in total. The third-order valence-electron chi connectivity index (χ3n) is 8.13. The molecule has 5 rings (SSSR count). The summed E-state index contributed by atoms with van der Waals surface area (Å²) in [6.45, 7) is 12.3. The minimum absolute atomic E-state index is 0. The zero-order valence-electron chi connectivity index (χ0n) is 28.8. The van der Waals surface area contributed by atoms with Crippen LogP contribution in [0.25, 0.3) is 0 Å². The van der Waals surface area contributed by atoms with E-state index in [-0.39, 0.29) is 56.9 Å². The van der Waals surface area contributed by atoms with E-state index in [9.17, 15) is 15.3 Å². The normalized spacial score (nSPS) is 16.6. The second kappa shape index (κ2) is 17.4. The van der Waals surface area contributed by atoms with Gasteiger partial charge in [-0.2, -0.15) is 0 Å². The Bertz CT molecular complexity index is 1640. The molecule has 0 amide bonds. The summed E-state index contributed by atoms with van der Waals surface area (Å²) in [5.74, 6) is 1.87. The zero-order valence-corrected chi connectivity index (χ0v) is 31.4. The van der Waals surface area contributed by atoms with Crippen molar-refractivity contribution in [2.75, 3.05) is 0 Å². The summed E-state index contributed by atoms with van der Waals surface area (Å²) >= 11 is 12.7. The van der Waals surface area contributed by atoms with Gasteiger partial charge in [-0.1, -0.05) is 108 Å². The van der Waals surface area contributed by atoms with Crippen molar-refractivity contribution in [3.05, 3.63) is 111 Å². The molecule has 1 saturated carbocycles. The van der Waals surface area contributed by atoms with Crippen molar-refractivity contribution >= 4 is 35.6 Å². The fourth-order valence-electron chi connectivity index (χ4n) is 5.50. The van der Waals surface area contributed by atoms with E-state index in [1.54, 1.807) is 36.7 Å². The predicted molar refractivity (Wildman–Crippen MR) is 197 cm³/mol. The summed E-state index contributed by atoms with van der Waals surface area (Å²) in [6.07, 6.45) is 7.45. The molecule has 0 aliphatic heterocycles. The Balaban J connectivity index is 0.000000361. The van der Waals surface area contributed by atoms with E-state index in [4.69, 9.17) is 37.9 Å². The first kappa shape index (κ1) is 39.9. The molecule has 0 bridgehead atoms. The smallest absolute Gasteiger partial charge is 0.128 e.